The average molecular weight is 732 g/mol. The molecule has 1 spiro atoms. The van der Waals surface area contributed by atoms with E-state index in [4.69, 9.17) is 0 Å². The van der Waals surface area contributed by atoms with E-state index in [-0.39, 0.29) is 5.41 Å². The van der Waals surface area contributed by atoms with Gasteiger partial charge in [-0.2, -0.15) is 0 Å². The van der Waals surface area contributed by atoms with Crippen molar-refractivity contribution in [1.29, 1.82) is 0 Å². The third kappa shape index (κ3) is 4.12. The molecule has 1 aliphatic heterocycles. The molecule has 0 N–H and O–H groups in total. The molecule has 3 aliphatic rings. The summed E-state index contributed by atoms with van der Waals surface area (Å²) in [6.45, 7) is 4.75. The Labute approximate surface area is 331 Å². The average Bonchev–Trinajstić information content (AvgIpc) is 3.48. The monoisotopic (exact) mass is 731 g/mol. The fourth-order valence-corrected chi connectivity index (χ4v) is 11.7. The van der Waals surface area contributed by atoms with Crippen molar-refractivity contribution in [2.24, 2.45) is 0 Å². The minimum absolute atomic E-state index is 0.123. The molecule has 1 heterocycles. The highest BCUT2D eigenvalue weighted by molar-refractivity contribution is 7.99. The summed E-state index contributed by atoms with van der Waals surface area (Å²) in [7, 11) is 0. The third-order valence-electron chi connectivity index (χ3n) is 12.9. The van der Waals surface area contributed by atoms with Gasteiger partial charge in [-0.25, -0.2) is 0 Å². The number of anilines is 3. The van der Waals surface area contributed by atoms with Crippen molar-refractivity contribution < 1.29 is 0 Å². The second-order valence-corrected chi connectivity index (χ2v) is 17.1. The molecule has 9 aromatic carbocycles. The quantitative estimate of drug-likeness (QED) is 0.178. The van der Waals surface area contributed by atoms with Crippen LogP contribution in [0.3, 0.4) is 0 Å². The molecule has 0 saturated heterocycles. The van der Waals surface area contributed by atoms with Crippen molar-refractivity contribution in [1.82, 2.24) is 0 Å². The fraction of sp³-hybridized carbons (Fsp3) is 0.0741. The molecule has 2 aliphatic carbocycles. The molecule has 9 aromatic rings. The minimum atomic E-state index is -0.478. The highest BCUT2D eigenvalue weighted by Crippen LogP contribution is 2.62. The molecular formula is C54H37NS. The number of benzene rings is 9. The highest BCUT2D eigenvalue weighted by Gasteiger charge is 2.48. The molecular weight excluding hydrogens is 695 g/mol. The zero-order chi connectivity index (χ0) is 37.2. The van der Waals surface area contributed by atoms with Crippen molar-refractivity contribution >= 4 is 50.4 Å². The van der Waals surface area contributed by atoms with E-state index >= 15 is 0 Å². The van der Waals surface area contributed by atoms with Crippen LogP contribution in [0.5, 0.6) is 0 Å². The molecule has 0 fully saturated rings. The first kappa shape index (κ1) is 31.9. The second-order valence-electron chi connectivity index (χ2n) is 16.0. The van der Waals surface area contributed by atoms with Crippen LogP contribution >= 0.6 is 11.8 Å². The topological polar surface area (TPSA) is 3.24 Å². The lowest BCUT2D eigenvalue weighted by Crippen LogP contribution is -2.36. The summed E-state index contributed by atoms with van der Waals surface area (Å²) in [5.74, 6) is 0. The van der Waals surface area contributed by atoms with Gasteiger partial charge in [-0.05, 0) is 103 Å². The molecule has 12 rings (SSSR count). The predicted molar refractivity (Wildman–Crippen MR) is 235 cm³/mol. The standard InChI is InChI=1S/C54H37NS/c1-53(2)42-21-7-5-18-37(42)39-30-29-35(33-47(39)53)55(48-26-13-16-34-15-3-4-17-36(34)48)49-32-31-40-38-19-6-8-22-43(38)54(46-25-14-20-41(49)52(40)46)44-23-9-11-27-50(44)56-51-28-12-10-24-45(51)54/h3-33H,1-2H3. The molecule has 0 amide bonds. The Bertz CT molecular complexity index is 3060. The zero-order valence-corrected chi connectivity index (χ0v) is 32.1. The fourth-order valence-electron chi connectivity index (χ4n) is 10.5. The minimum Gasteiger partial charge on any atom is -0.309 e. The normalized spacial score (nSPS) is 14.8. The zero-order valence-electron chi connectivity index (χ0n) is 31.3. The van der Waals surface area contributed by atoms with Gasteiger partial charge >= 0.3 is 0 Å². The van der Waals surface area contributed by atoms with Gasteiger partial charge < -0.3 is 4.90 Å². The Morgan fingerprint density at radius 2 is 0.929 bits per heavy atom. The lowest BCUT2D eigenvalue weighted by molar-refractivity contribution is 0.660. The molecule has 0 bridgehead atoms. The molecule has 0 radical (unpaired) electrons. The summed E-state index contributed by atoms with van der Waals surface area (Å²) in [5, 5.41) is 5.03. The first-order valence-corrected chi connectivity index (χ1v) is 20.4. The lowest BCUT2D eigenvalue weighted by atomic mass is 9.59. The molecule has 0 saturated carbocycles. The first-order valence-electron chi connectivity index (χ1n) is 19.6. The van der Waals surface area contributed by atoms with Crippen molar-refractivity contribution in [3.05, 3.63) is 221 Å². The molecule has 2 heteroatoms. The van der Waals surface area contributed by atoms with Gasteiger partial charge in [0.2, 0.25) is 0 Å². The Morgan fingerprint density at radius 1 is 0.393 bits per heavy atom. The molecule has 1 nitrogen and oxygen atoms in total. The Balaban J connectivity index is 1.19. The largest absolute Gasteiger partial charge is 0.309 e. The van der Waals surface area contributed by atoms with Crippen LogP contribution in [0.4, 0.5) is 17.1 Å². The van der Waals surface area contributed by atoms with Crippen molar-refractivity contribution in [2.75, 3.05) is 4.90 Å². The van der Waals surface area contributed by atoms with E-state index in [1.165, 1.54) is 98.3 Å². The van der Waals surface area contributed by atoms with Crippen LogP contribution in [0.25, 0.3) is 43.8 Å². The summed E-state index contributed by atoms with van der Waals surface area (Å²) in [5.41, 5.74) is 16.3. The van der Waals surface area contributed by atoms with Crippen molar-refractivity contribution in [2.45, 2.75) is 34.5 Å². The number of hydrogen-bond donors (Lipinski definition) is 0. The van der Waals surface area contributed by atoms with Gasteiger partial charge in [0, 0.05) is 31.7 Å². The number of rotatable bonds is 3. The second kappa shape index (κ2) is 11.6. The Morgan fingerprint density at radius 3 is 1.71 bits per heavy atom. The van der Waals surface area contributed by atoms with Crippen LogP contribution < -0.4 is 4.90 Å². The Kier molecular flexibility index (Phi) is 6.61. The van der Waals surface area contributed by atoms with E-state index in [0.29, 0.717) is 0 Å². The predicted octanol–water partition coefficient (Wildman–Crippen LogP) is 14.6. The summed E-state index contributed by atoms with van der Waals surface area (Å²) >= 11 is 1.90. The molecule has 0 atom stereocenters. The van der Waals surface area contributed by atoms with Gasteiger partial charge in [0.1, 0.15) is 0 Å². The maximum atomic E-state index is 2.54. The van der Waals surface area contributed by atoms with Gasteiger partial charge in [-0.1, -0.05) is 177 Å². The number of fused-ring (bicyclic) bond motifs is 12. The van der Waals surface area contributed by atoms with Crippen LogP contribution in [0, 0.1) is 0 Å². The molecule has 0 aromatic heterocycles. The van der Waals surface area contributed by atoms with E-state index in [1.807, 2.05) is 11.8 Å². The van der Waals surface area contributed by atoms with Gasteiger partial charge in [0.25, 0.3) is 0 Å². The van der Waals surface area contributed by atoms with Crippen LogP contribution in [-0.4, -0.2) is 0 Å². The van der Waals surface area contributed by atoms with Crippen LogP contribution in [-0.2, 0) is 10.8 Å². The van der Waals surface area contributed by atoms with Crippen LogP contribution in [0.15, 0.2) is 198 Å². The molecule has 264 valence electrons. The maximum absolute atomic E-state index is 2.54. The van der Waals surface area contributed by atoms with Crippen LogP contribution in [0.2, 0.25) is 0 Å². The molecule has 56 heavy (non-hydrogen) atoms. The highest BCUT2D eigenvalue weighted by atomic mass is 32.2. The first-order chi connectivity index (χ1) is 27.5. The van der Waals surface area contributed by atoms with Gasteiger partial charge in [-0.15, -0.1) is 0 Å². The maximum Gasteiger partial charge on any atom is 0.0735 e. The van der Waals surface area contributed by atoms with E-state index in [0.717, 1.165) is 5.69 Å². The van der Waals surface area contributed by atoms with Gasteiger partial charge in [0.15, 0.2) is 0 Å². The number of nitrogens with zero attached hydrogens (tertiary/aromatic N) is 1. The van der Waals surface area contributed by atoms with E-state index in [9.17, 15) is 0 Å². The molecule has 0 unspecified atom stereocenters. The van der Waals surface area contributed by atoms with Crippen LogP contribution in [0.1, 0.15) is 47.2 Å². The lowest BCUT2D eigenvalue weighted by Gasteiger charge is -2.46. The van der Waals surface area contributed by atoms with E-state index in [1.54, 1.807) is 0 Å². The summed E-state index contributed by atoms with van der Waals surface area (Å²) in [6, 6.07) is 70.8. The van der Waals surface area contributed by atoms with Gasteiger partial charge in [-0.3, -0.25) is 0 Å². The Hall–Kier alpha value is -6.35. The third-order valence-corrected chi connectivity index (χ3v) is 14.1. The summed E-state index contributed by atoms with van der Waals surface area (Å²) in [4.78, 5) is 5.17. The van der Waals surface area contributed by atoms with E-state index < -0.39 is 5.41 Å². The summed E-state index contributed by atoms with van der Waals surface area (Å²) < 4.78 is 0. The summed E-state index contributed by atoms with van der Waals surface area (Å²) in [6.07, 6.45) is 0. The van der Waals surface area contributed by atoms with Crippen molar-refractivity contribution in [3.8, 4) is 22.3 Å². The van der Waals surface area contributed by atoms with Gasteiger partial charge in [0.05, 0.1) is 16.8 Å². The van der Waals surface area contributed by atoms with Crippen molar-refractivity contribution in [3.63, 3.8) is 0 Å². The van der Waals surface area contributed by atoms with E-state index in [2.05, 4.69) is 207 Å². The number of hydrogen-bond acceptors (Lipinski definition) is 2. The SMILES string of the molecule is CC1(C)c2ccccc2-c2ccc(N(c3cccc4ccccc34)c3ccc4c5c(cccc35)C3(c5ccccc5Sc5ccccc53)c3ccccc3-4)cc21. The smallest absolute Gasteiger partial charge is 0.0735 e.